The van der Waals surface area contributed by atoms with Gasteiger partial charge in [0.15, 0.2) is 10.9 Å². The Bertz CT molecular complexity index is 976. The zero-order valence-corrected chi connectivity index (χ0v) is 17.2. The first-order valence-corrected chi connectivity index (χ1v) is 9.95. The predicted molar refractivity (Wildman–Crippen MR) is 107 cm³/mol. The lowest BCUT2D eigenvalue weighted by molar-refractivity contribution is 0.0974. The van der Waals surface area contributed by atoms with E-state index in [0.717, 1.165) is 36.1 Å². The van der Waals surface area contributed by atoms with Gasteiger partial charge in [0.05, 0.1) is 10.9 Å². The molecule has 0 bridgehead atoms. The number of fused-ring (bicyclic) bond motifs is 1. The molecule has 6 nitrogen and oxygen atoms in total. The van der Waals surface area contributed by atoms with E-state index in [9.17, 15) is 13.6 Å². The van der Waals surface area contributed by atoms with E-state index in [2.05, 4.69) is 28.8 Å². The molecule has 1 aromatic carbocycles. The average Bonchev–Trinajstić information content (AvgIpc) is 3.21. The van der Waals surface area contributed by atoms with Gasteiger partial charge in [-0.1, -0.05) is 25.2 Å². The summed E-state index contributed by atoms with van der Waals surface area (Å²) >= 11 is 1.10. The fraction of sp³-hybridized carbons (Fsp3) is 0.421. The SMILES string of the molecule is CCN(CC)CCN(C(=O)c1c(C)cnn1C)c1nc2c(F)cc(F)cc2s1. The van der Waals surface area contributed by atoms with E-state index in [4.69, 9.17) is 0 Å². The summed E-state index contributed by atoms with van der Waals surface area (Å²) in [5.41, 5.74) is 1.27. The van der Waals surface area contributed by atoms with Crippen molar-refractivity contribution in [3.63, 3.8) is 0 Å². The lowest BCUT2D eigenvalue weighted by Gasteiger charge is -2.25. The van der Waals surface area contributed by atoms with E-state index in [1.165, 1.54) is 15.6 Å². The molecule has 0 fully saturated rings. The van der Waals surface area contributed by atoms with Crippen LogP contribution in [0.1, 0.15) is 29.9 Å². The highest BCUT2D eigenvalue weighted by Crippen LogP contribution is 2.32. The van der Waals surface area contributed by atoms with Crippen LogP contribution in [0.25, 0.3) is 10.2 Å². The molecule has 0 unspecified atom stereocenters. The number of nitrogens with zero attached hydrogens (tertiary/aromatic N) is 5. The number of benzene rings is 1. The fourth-order valence-electron chi connectivity index (χ4n) is 3.11. The molecule has 0 aliphatic rings. The molecule has 9 heteroatoms. The number of anilines is 1. The van der Waals surface area contributed by atoms with E-state index >= 15 is 0 Å². The van der Waals surface area contributed by atoms with E-state index in [0.29, 0.717) is 28.6 Å². The summed E-state index contributed by atoms with van der Waals surface area (Å²) in [6.07, 6.45) is 1.63. The summed E-state index contributed by atoms with van der Waals surface area (Å²) in [5, 5.41) is 4.49. The van der Waals surface area contributed by atoms with Crippen molar-refractivity contribution in [2.75, 3.05) is 31.1 Å². The van der Waals surface area contributed by atoms with E-state index < -0.39 is 11.6 Å². The molecule has 3 rings (SSSR count). The molecular formula is C19H23F2N5OS. The molecule has 2 heterocycles. The van der Waals surface area contributed by atoms with Gasteiger partial charge in [-0.05, 0) is 31.6 Å². The van der Waals surface area contributed by atoms with Crippen LogP contribution in [0.15, 0.2) is 18.3 Å². The van der Waals surface area contributed by atoms with Crippen molar-refractivity contribution in [3.05, 3.63) is 41.2 Å². The van der Waals surface area contributed by atoms with Crippen molar-refractivity contribution < 1.29 is 13.6 Å². The van der Waals surface area contributed by atoms with Crippen LogP contribution in [-0.4, -0.2) is 51.8 Å². The molecule has 0 atom stereocenters. The van der Waals surface area contributed by atoms with Crippen LogP contribution < -0.4 is 4.90 Å². The maximum absolute atomic E-state index is 14.1. The van der Waals surface area contributed by atoms with Crippen LogP contribution in [0, 0.1) is 18.6 Å². The molecule has 0 spiro atoms. The summed E-state index contributed by atoms with van der Waals surface area (Å²) in [6, 6.07) is 2.04. The number of aromatic nitrogens is 3. The standard InChI is InChI=1S/C19H23F2N5OS/c1-5-25(6-2)7-8-26(18(27)17-12(3)11-22-24(17)4)19-23-16-14(21)9-13(20)10-15(16)28-19/h9-11H,5-8H2,1-4H3. The first-order valence-electron chi connectivity index (χ1n) is 9.14. The second-order valence-corrected chi connectivity index (χ2v) is 7.52. The largest absolute Gasteiger partial charge is 0.302 e. The first-order chi connectivity index (χ1) is 13.3. The highest BCUT2D eigenvalue weighted by atomic mass is 32.1. The fourth-order valence-corrected chi connectivity index (χ4v) is 4.14. The van der Waals surface area contributed by atoms with Crippen molar-refractivity contribution in [1.29, 1.82) is 0 Å². The summed E-state index contributed by atoms with van der Waals surface area (Å²) in [7, 11) is 1.70. The predicted octanol–water partition coefficient (Wildman–Crippen LogP) is 3.61. The van der Waals surface area contributed by atoms with E-state index in [1.54, 1.807) is 13.2 Å². The van der Waals surface area contributed by atoms with Crippen LogP contribution in [0.2, 0.25) is 0 Å². The van der Waals surface area contributed by atoms with Crippen molar-refractivity contribution in [1.82, 2.24) is 19.7 Å². The van der Waals surface area contributed by atoms with Crippen molar-refractivity contribution >= 4 is 32.6 Å². The Morgan fingerprint density at radius 2 is 1.93 bits per heavy atom. The molecule has 1 amide bonds. The van der Waals surface area contributed by atoms with Crippen molar-refractivity contribution in [2.45, 2.75) is 20.8 Å². The number of carbonyl (C=O) groups is 1. The Balaban J connectivity index is 2.03. The third-order valence-electron chi connectivity index (χ3n) is 4.74. The number of hydrogen-bond donors (Lipinski definition) is 0. The molecular weight excluding hydrogens is 384 g/mol. The molecule has 0 aliphatic carbocycles. The average molecular weight is 407 g/mol. The number of halogens is 2. The molecule has 0 aliphatic heterocycles. The van der Waals surface area contributed by atoms with E-state index in [1.807, 2.05) is 6.92 Å². The molecule has 150 valence electrons. The lowest BCUT2D eigenvalue weighted by atomic mass is 10.2. The number of thiazole rings is 1. The number of carbonyl (C=O) groups excluding carboxylic acids is 1. The Labute approximate surface area is 166 Å². The second-order valence-electron chi connectivity index (χ2n) is 6.51. The Morgan fingerprint density at radius 3 is 2.54 bits per heavy atom. The number of aryl methyl sites for hydroxylation is 2. The van der Waals surface area contributed by atoms with Crippen LogP contribution in [0.5, 0.6) is 0 Å². The summed E-state index contributed by atoms with van der Waals surface area (Å²) in [6.45, 7) is 8.65. The first kappa shape index (κ1) is 20.3. The Hall–Kier alpha value is -2.39. The summed E-state index contributed by atoms with van der Waals surface area (Å²) in [5.74, 6) is -1.65. The van der Waals surface area contributed by atoms with Gasteiger partial charge in [0.1, 0.15) is 17.0 Å². The smallest absolute Gasteiger partial charge is 0.278 e. The monoisotopic (exact) mass is 407 g/mol. The van der Waals surface area contributed by atoms with Gasteiger partial charge in [-0.2, -0.15) is 5.10 Å². The van der Waals surface area contributed by atoms with Crippen LogP contribution >= 0.6 is 11.3 Å². The van der Waals surface area contributed by atoms with Crippen molar-refractivity contribution in [2.24, 2.45) is 7.05 Å². The minimum atomic E-state index is -0.731. The van der Waals surface area contributed by atoms with E-state index in [-0.39, 0.29) is 11.4 Å². The molecule has 0 N–H and O–H groups in total. The van der Waals surface area contributed by atoms with Gasteiger partial charge in [0.25, 0.3) is 5.91 Å². The summed E-state index contributed by atoms with van der Waals surface area (Å²) < 4.78 is 29.6. The zero-order chi connectivity index (χ0) is 20.4. The number of likely N-dealkylation sites (N-methyl/N-ethyl adjacent to an activating group) is 1. The Kier molecular flexibility index (Phi) is 6.04. The third-order valence-corrected chi connectivity index (χ3v) is 5.76. The minimum absolute atomic E-state index is 0.0729. The van der Waals surface area contributed by atoms with Gasteiger partial charge in [0, 0.05) is 26.2 Å². The number of rotatable bonds is 7. The second kappa shape index (κ2) is 8.32. The van der Waals surface area contributed by atoms with Gasteiger partial charge in [0.2, 0.25) is 0 Å². The number of amides is 1. The van der Waals surface area contributed by atoms with Gasteiger partial charge < -0.3 is 4.90 Å². The van der Waals surface area contributed by atoms with Gasteiger partial charge in [-0.15, -0.1) is 0 Å². The maximum atomic E-state index is 14.1. The van der Waals surface area contributed by atoms with Gasteiger partial charge >= 0.3 is 0 Å². The molecule has 0 radical (unpaired) electrons. The Morgan fingerprint density at radius 1 is 1.21 bits per heavy atom. The molecule has 2 aromatic heterocycles. The molecule has 0 saturated carbocycles. The molecule has 3 aromatic rings. The lowest BCUT2D eigenvalue weighted by Crippen LogP contribution is -2.39. The van der Waals surface area contributed by atoms with Crippen molar-refractivity contribution in [3.8, 4) is 0 Å². The highest BCUT2D eigenvalue weighted by Gasteiger charge is 2.26. The van der Waals surface area contributed by atoms with Gasteiger partial charge in [-0.25, -0.2) is 13.8 Å². The quantitative estimate of drug-likeness (QED) is 0.601. The van der Waals surface area contributed by atoms with Crippen LogP contribution in [-0.2, 0) is 7.05 Å². The zero-order valence-electron chi connectivity index (χ0n) is 16.4. The number of hydrogen-bond acceptors (Lipinski definition) is 5. The third kappa shape index (κ3) is 3.90. The highest BCUT2D eigenvalue weighted by molar-refractivity contribution is 7.22. The maximum Gasteiger partial charge on any atom is 0.278 e. The van der Waals surface area contributed by atoms with Crippen LogP contribution in [0.4, 0.5) is 13.9 Å². The summed E-state index contributed by atoms with van der Waals surface area (Å²) in [4.78, 5) is 21.3. The molecule has 0 saturated heterocycles. The normalized spacial score (nSPS) is 11.5. The minimum Gasteiger partial charge on any atom is -0.302 e. The van der Waals surface area contributed by atoms with Gasteiger partial charge in [-0.3, -0.25) is 14.4 Å². The molecule has 28 heavy (non-hydrogen) atoms. The topological polar surface area (TPSA) is 54.3 Å². The van der Waals surface area contributed by atoms with Crippen LogP contribution in [0.3, 0.4) is 0 Å².